The van der Waals surface area contributed by atoms with Crippen LogP contribution in [-0.4, -0.2) is 47.8 Å². The number of nitrogens with one attached hydrogen (secondary N) is 2. The Kier molecular flexibility index (Phi) is 6.95. The number of amidine groups is 1. The predicted molar refractivity (Wildman–Crippen MR) is 130 cm³/mol. The molecule has 186 valence electrons. The maximum absolute atomic E-state index is 12.5. The third-order valence-corrected chi connectivity index (χ3v) is 6.07. The van der Waals surface area contributed by atoms with E-state index in [4.69, 9.17) is 4.99 Å². The number of ether oxygens (including phenoxy) is 1. The molecule has 2 aliphatic heterocycles. The number of benzene rings is 1. The van der Waals surface area contributed by atoms with E-state index in [1.165, 1.54) is 24.3 Å². The molecule has 1 unspecified atom stereocenters. The third kappa shape index (κ3) is 6.25. The zero-order valence-electron chi connectivity index (χ0n) is 20.1. The average molecular weight is 486 g/mol. The number of nitriles is 1. The van der Waals surface area contributed by atoms with Gasteiger partial charge in [-0.1, -0.05) is 18.2 Å². The van der Waals surface area contributed by atoms with Crippen LogP contribution in [0.5, 0.6) is 5.75 Å². The summed E-state index contributed by atoms with van der Waals surface area (Å²) in [6.07, 6.45) is 3.99. The Hall–Kier alpha value is -3.25. The molecule has 0 aromatic heterocycles. The van der Waals surface area contributed by atoms with Crippen molar-refractivity contribution >= 4 is 11.5 Å². The van der Waals surface area contributed by atoms with Crippen molar-refractivity contribution in [2.45, 2.75) is 64.0 Å². The Morgan fingerprint density at radius 2 is 1.80 bits per heavy atom. The number of dihydropyridines is 1. The second-order valence-electron chi connectivity index (χ2n) is 9.97. The van der Waals surface area contributed by atoms with E-state index in [0.29, 0.717) is 23.1 Å². The van der Waals surface area contributed by atoms with Crippen LogP contribution in [0.3, 0.4) is 0 Å². The van der Waals surface area contributed by atoms with Crippen LogP contribution >= 0.6 is 0 Å². The predicted octanol–water partition coefficient (Wildman–Crippen LogP) is 5.29. The number of alkyl halides is 3. The molecule has 0 bridgehead atoms. The first kappa shape index (κ1) is 24.9. The molecule has 35 heavy (non-hydrogen) atoms. The summed E-state index contributed by atoms with van der Waals surface area (Å²) in [6.45, 7) is 8.13. The van der Waals surface area contributed by atoms with Crippen molar-refractivity contribution in [1.29, 1.82) is 5.26 Å². The number of hydrogen-bond acceptors (Lipinski definition) is 6. The number of halogens is 3. The topological polar surface area (TPSA) is 72.7 Å². The zero-order chi connectivity index (χ0) is 25.2. The number of anilines is 1. The second kappa shape index (κ2) is 9.78. The number of hydrogen-bond donors (Lipinski definition) is 2. The van der Waals surface area contributed by atoms with Crippen LogP contribution in [0.4, 0.5) is 18.9 Å². The van der Waals surface area contributed by atoms with Crippen molar-refractivity contribution in [1.82, 2.24) is 10.2 Å². The maximum atomic E-state index is 12.5. The molecule has 1 aliphatic carbocycles. The maximum Gasteiger partial charge on any atom is 0.573 e. The number of aliphatic imine (C=N–C) groups is 1. The molecule has 1 saturated heterocycles. The molecule has 1 fully saturated rings. The van der Waals surface area contributed by atoms with Gasteiger partial charge in [0.05, 0.1) is 11.7 Å². The fourth-order valence-corrected chi connectivity index (χ4v) is 4.73. The molecule has 1 atom stereocenters. The summed E-state index contributed by atoms with van der Waals surface area (Å²) in [5, 5.41) is 17.0. The number of fused-ring (bicyclic) bond motifs is 1. The van der Waals surface area contributed by atoms with Gasteiger partial charge < -0.3 is 20.3 Å². The van der Waals surface area contributed by atoms with Gasteiger partial charge in [0.25, 0.3) is 0 Å². The molecule has 0 amide bonds. The molecule has 4 rings (SSSR count). The van der Waals surface area contributed by atoms with Crippen LogP contribution in [-0.2, 0) is 0 Å². The molecule has 3 aliphatic rings. The highest BCUT2D eigenvalue weighted by atomic mass is 19.4. The molecular formula is C26H30F3N5O. The molecule has 1 aromatic rings. The van der Waals surface area contributed by atoms with Crippen LogP contribution in [0.25, 0.3) is 0 Å². The van der Waals surface area contributed by atoms with Gasteiger partial charge in [-0.2, -0.15) is 5.26 Å². The first-order valence-corrected chi connectivity index (χ1v) is 11.8. The lowest BCUT2D eigenvalue weighted by molar-refractivity contribution is -0.274. The van der Waals surface area contributed by atoms with Gasteiger partial charge in [-0.3, -0.25) is 4.99 Å². The Labute approximate surface area is 203 Å². The summed E-state index contributed by atoms with van der Waals surface area (Å²) in [5.74, 6) is 0.124. The molecular weight excluding hydrogens is 455 g/mol. The number of allylic oxidation sites excluding steroid dienone is 2. The largest absolute Gasteiger partial charge is 0.573 e. The molecule has 2 heterocycles. The molecule has 2 N–H and O–H groups in total. The standard InChI is InChI=1S/C26H30F3N5O/c1-25(2,3)33-18-12-14-34(15-13-18)23-20-6-4-5-7-22(20)32-24(21(23)16-30)31-17-8-10-19(11-9-17)35-26(27,28)29/h4-6,8-11,18,22,33H,7,12-15H2,1-3H3,(H,31,32). The van der Waals surface area contributed by atoms with Crippen LogP contribution in [0, 0.1) is 11.3 Å². The lowest BCUT2D eigenvalue weighted by Crippen LogP contribution is -2.50. The third-order valence-electron chi connectivity index (χ3n) is 6.07. The van der Waals surface area contributed by atoms with Gasteiger partial charge in [0.1, 0.15) is 23.2 Å². The van der Waals surface area contributed by atoms with E-state index >= 15 is 0 Å². The molecule has 1 aromatic carbocycles. The molecule has 9 heteroatoms. The minimum atomic E-state index is -4.75. The van der Waals surface area contributed by atoms with E-state index in [1.807, 2.05) is 18.2 Å². The second-order valence-corrected chi connectivity index (χ2v) is 9.97. The number of likely N-dealkylation sites (tertiary alicyclic amines) is 1. The normalized spacial score (nSPS) is 21.2. The minimum absolute atomic E-state index is 0.0426. The van der Waals surface area contributed by atoms with Crippen molar-refractivity contribution in [2.24, 2.45) is 4.99 Å². The van der Waals surface area contributed by atoms with Gasteiger partial charge in [0.15, 0.2) is 0 Å². The molecule has 6 nitrogen and oxygen atoms in total. The SMILES string of the molecule is CC(C)(C)NC1CCN(C2=C(C#N)C(Nc3ccc(OC(F)(F)F)cc3)=NC3CC=CC=C23)CC1. The first-order valence-electron chi connectivity index (χ1n) is 11.8. The lowest BCUT2D eigenvalue weighted by atomic mass is 9.88. The van der Waals surface area contributed by atoms with Crippen molar-refractivity contribution in [3.63, 3.8) is 0 Å². The van der Waals surface area contributed by atoms with Gasteiger partial charge in [0, 0.05) is 35.9 Å². The Balaban J connectivity index is 1.58. The van der Waals surface area contributed by atoms with Crippen LogP contribution in [0.2, 0.25) is 0 Å². The molecule has 0 radical (unpaired) electrons. The monoisotopic (exact) mass is 485 g/mol. The summed E-state index contributed by atoms with van der Waals surface area (Å²) >= 11 is 0. The fraction of sp³-hybridized carbons (Fsp3) is 0.462. The minimum Gasteiger partial charge on any atom is -0.406 e. The van der Waals surface area contributed by atoms with E-state index in [1.54, 1.807) is 0 Å². The van der Waals surface area contributed by atoms with E-state index in [2.05, 4.69) is 47.1 Å². The fourth-order valence-electron chi connectivity index (χ4n) is 4.73. The molecule has 0 spiro atoms. The average Bonchev–Trinajstić information content (AvgIpc) is 2.78. The van der Waals surface area contributed by atoms with Crippen molar-refractivity contribution < 1.29 is 17.9 Å². The highest BCUT2D eigenvalue weighted by Gasteiger charge is 2.34. The smallest absolute Gasteiger partial charge is 0.406 e. The van der Waals surface area contributed by atoms with Crippen molar-refractivity contribution in [3.8, 4) is 11.8 Å². The van der Waals surface area contributed by atoms with Gasteiger partial charge in [-0.05, 0) is 64.3 Å². The van der Waals surface area contributed by atoms with Crippen LogP contribution < -0.4 is 15.4 Å². The van der Waals surface area contributed by atoms with Crippen molar-refractivity contribution in [3.05, 3.63) is 59.3 Å². The summed E-state index contributed by atoms with van der Waals surface area (Å²) in [5.41, 5.74) is 2.94. The van der Waals surface area contributed by atoms with Gasteiger partial charge in [-0.15, -0.1) is 13.2 Å². The summed E-state index contributed by atoms with van der Waals surface area (Å²) in [6, 6.07) is 8.06. The summed E-state index contributed by atoms with van der Waals surface area (Å²) in [7, 11) is 0. The van der Waals surface area contributed by atoms with E-state index in [0.717, 1.165) is 43.6 Å². The van der Waals surface area contributed by atoms with E-state index < -0.39 is 6.36 Å². The van der Waals surface area contributed by atoms with Gasteiger partial charge in [-0.25, -0.2) is 0 Å². The van der Waals surface area contributed by atoms with E-state index in [9.17, 15) is 18.4 Å². The Morgan fingerprint density at radius 1 is 1.11 bits per heavy atom. The van der Waals surface area contributed by atoms with Crippen molar-refractivity contribution in [2.75, 3.05) is 18.4 Å². The van der Waals surface area contributed by atoms with Crippen LogP contribution in [0.15, 0.2) is 64.3 Å². The molecule has 0 saturated carbocycles. The Morgan fingerprint density at radius 3 is 2.40 bits per heavy atom. The Bertz CT molecular complexity index is 1100. The zero-order valence-corrected chi connectivity index (χ0v) is 20.1. The number of nitrogens with zero attached hydrogens (tertiary/aromatic N) is 3. The lowest BCUT2D eigenvalue weighted by Gasteiger charge is -2.41. The highest BCUT2D eigenvalue weighted by molar-refractivity contribution is 6.12. The summed E-state index contributed by atoms with van der Waals surface area (Å²) in [4.78, 5) is 7.07. The first-order chi connectivity index (χ1) is 16.5. The van der Waals surface area contributed by atoms with Gasteiger partial charge in [0.2, 0.25) is 0 Å². The highest BCUT2D eigenvalue weighted by Crippen LogP contribution is 2.35. The summed E-state index contributed by atoms with van der Waals surface area (Å²) < 4.78 is 41.4. The number of piperidine rings is 1. The van der Waals surface area contributed by atoms with Crippen LogP contribution in [0.1, 0.15) is 40.0 Å². The van der Waals surface area contributed by atoms with E-state index in [-0.39, 0.29) is 17.3 Å². The number of rotatable bonds is 4. The quantitative estimate of drug-likeness (QED) is 0.606. The van der Waals surface area contributed by atoms with Gasteiger partial charge >= 0.3 is 6.36 Å².